The molecule has 6 heteroatoms. The summed E-state index contributed by atoms with van der Waals surface area (Å²) in [6.45, 7) is 8.95. The van der Waals surface area contributed by atoms with E-state index < -0.39 is 0 Å². The first-order valence-corrected chi connectivity index (χ1v) is 13.0. The van der Waals surface area contributed by atoms with Gasteiger partial charge in [0, 0.05) is 43.4 Å². The van der Waals surface area contributed by atoms with Gasteiger partial charge in [0.2, 0.25) is 0 Å². The SMILES string of the molecule is C=C(NCC1=C(CC)CCC=N1)C1=CCC(CCNCCc2nc3c4c(ccc3[nH]2)CCC=C4)=N1. The van der Waals surface area contributed by atoms with Gasteiger partial charge in [0.05, 0.1) is 34.7 Å². The number of H-pyrrole nitrogens is 1. The van der Waals surface area contributed by atoms with Crippen LogP contribution < -0.4 is 10.6 Å². The molecule has 2 aliphatic heterocycles. The largest absolute Gasteiger partial charge is 0.378 e. The van der Waals surface area contributed by atoms with Crippen LogP contribution in [-0.2, 0) is 12.8 Å². The molecule has 1 aromatic heterocycles. The molecule has 2 aromatic rings. The topological polar surface area (TPSA) is 77.5 Å². The van der Waals surface area contributed by atoms with E-state index in [4.69, 9.17) is 9.98 Å². The van der Waals surface area contributed by atoms with Crippen molar-refractivity contribution >= 4 is 29.0 Å². The van der Waals surface area contributed by atoms with Gasteiger partial charge < -0.3 is 15.6 Å². The maximum absolute atomic E-state index is 4.88. The molecule has 0 saturated carbocycles. The highest BCUT2D eigenvalue weighted by Gasteiger charge is 2.14. The fraction of sp³-hybridized carbons (Fsp3) is 0.414. The highest BCUT2D eigenvalue weighted by Crippen LogP contribution is 2.26. The number of benzene rings is 1. The molecule has 0 spiro atoms. The Bertz CT molecular complexity index is 1250. The van der Waals surface area contributed by atoms with Crippen LogP contribution in [0.5, 0.6) is 0 Å². The monoisotopic (exact) mass is 468 g/mol. The van der Waals surface area contributed by atoms with Crippen molar-refractivity contribution in [1.82, 2.24) is 20.6 Å². The molecular formula is C29H36N6. The van der Waals surface area contributed by atoms with Gasteiger partial charge in [-0.3, -0.25) is 9.98 Å². The van der Waals surface area contributed by atoms with Crippen LogP contribution in [0.15, 0.2) is 63.5 Å². The van der Waals surface area contributed by atoms with Gasteiger partial charge in [-0.15, -0.1) is 0 Å². The van der Waals surface area contributed by atoms with Gasteiger partial charge >= 0.3 is 0 Å². The lowest BCUT2D eigenvalue weighted by molar-refractivity contribution is 0.684. The van der Waals surface area contributed by atoms with Crippen molar-refractivity contribution in [2.45, 2.75) is 58.3 Å². The van der Waals surface area contributed by atoms with Crippen LogP contribution in [0.25, 0.3) is 17.1 Å². The number of aliphatic imine (C=N–C) groups is 2. The van der Waals surface area contributed by atoms with Crippen molar-refractivity contribution in [2.75, 3.05) is 19.6 Å². The van der Waals surface area contributed by atoms with E-state index in [0.29, 0.717) is 0 Å². The summed E-state index contributed by atoms with van der Waals surface area (Å²) in [4.78, 5) is 17.8. The third-order valence-corrected chi connectivity index (χ3v) is 7.07. The second-order valence-corrected chi connectivity index (χ2v) is 9.47. The third kappa shape index (κ3) is 5.54. The Morgan fingerprint density at radius 3 is 2.97 bits per heavy atom. The van der Waals surface area contributed by atoms with E-state index in [1.807, 2.05) is 6.21 Å². The van der Waals surface area contributed by atoms with Crippen molar-refractivity contribution in [3.05, 3.63) is 70.5 Å². The summed E-state index contributed by atoms with van der Waals surface area (Å²) in [5.74, 6) is 1.05. The average molecular weight is 469 g/mol. The van der Waals surface area contributed by atoms with Gasteiger partial charge in [-0.1, -0.05) is 37.8 Å². The number of allylic oxidation sites excluding steroid dienone is 3. The van der Waals surface area contributed by atoms with Gasteiger partial charge in [0.25, 0.3) is 0 Å². The molecule has 3 aliphatic rings. The molecule has 182 valence electrons. The Labute approximate surface area is 208 Å². The van der Waals surface area contributed by atoms with E-state index >= 15 is 0 Å². The number of imidazole rings is 1. The summed E-state index contributed by atoms with van der Waals surface area (Å²) < 4.78 is 0. The third-order valence-electron chi connectivity index (χ3n) is 7.07. The summed E-state index contributed by atoms with van der Waals surface area (Å²) in [6, 6.07) is 4.41. The molecule has 0 bridgehead atoms. The summed E-state index contributed by atoms with van der Waals surface area (Å²) >= 11 is 0. The lowest BCUT2D eigenvalue weighted by Crippen LogP contribution is -2.21. The van der Waals surface area contributed by atoms with Crippen LogP contribution in [0.2, 0.25) is 0 Å². The second kappa shape index (κ2) is 11.0. The Morgan fingerprint density at radius 2 is 2.06 bits per heavy atom. The number of aromatic amines is 1. The molecule has 0 atom stereocenters. The van der Waals surface area contributed by atoms with Gasteiger partial charge in [0.1, 0.15) is 5.82 Å². The second-order valence-electron chi connectivity index (χ2n) is 9.47. The maximum atomic E-state index is 4.88. The summed E-state index contributed by atoms with van der Waals surface area (Å²) in [5.41, 5.74) is 10.6. The molecule has 6 nitrogen and oxygen atoms in total. The lowest BCUT2D eigenvalue weighted by atomic mass is 9.96. The summed E-state index contributed by atoms with van der Waals surface area (Å²) in [7, 11) is 0. The van der Waals surface area contributed by atoms with Crippen molar-refractivity contribution < 1.29 is 0 Å². The zero-order chi connectivity index (χ0) is 24.0. The molecule has 0 saturated heterocycles. The zero-order valence-corrected chi connectivity index (χ0v) is 20.8. The summed E-state index contributed by atoms with van der Waals surface area (Å²) in [5, 5.41) is 6.98. The number of aromatic nitrogens is 2. The van der Waals surface area contributed by atoms with Crippen LogP contribution in [0, 0.1) is 0 Å². The van der Waals surface area contributed by atoms with Crippen LogP contribution in [0.3, 0.4) is 0 Å². The quantitative estimate of drug-likeness (QED) is 0.386. The van der Waals surface area contributed by atoms with Gasteiger partial charge in [-0.25, -0.2) is 4.98 Å². The van der Waals surface area contributed by atoms with E-state index in [0.717, 1.165) is 105 Å². The first kappa shape index (κ1) is 23.5. The molecule has 0 unspecified atom stereocenters. The number of nitrogens with one attached hydrogen (secondary N) is 3. The number of nitrogens with zero attached hydrogens (tertiary/aromatic N) is 3. The van der Waals surface area contributed by atoms with Crippen LogP contribution in [0.4, 0.5) is 0 Å². The number of hydrogen-bond acceptors (Lipinski definition) is 5. The number of fused-ring (bicyclic) bond motifs is 3. The Balaban J connectivity index is 1.05. The van der Waals surface area contributed by atoms with Crippen molar-refractivity contribution in [1.29, 1.82) is 0 Å². The van der Waals surface area contributed by atoms with Crippen molar-refractivity contribution in [3.8, 4) is 0 Å². The first-order valence-electron chi connectivity index (χ1n) is 13.0. The molecule has 0 radical (unpaired) electrons. The highest BCUT2D eigenvalue weighted by molar-refractivity contribution is 5.89. The molecule has 0 amide bonds. The minimum absolute atomic E-state index is 0.725. The predicted molar refractivity (Wildman–Crippen MR) is 147 cm³/mol. The molecule has 1 aliphatic carbocycles. The van der Waals surface area contributed by atoms with E-state index in [-0.39, 0.29) is 0 Å². The van der Waals surface area contributed by atoms with Crippen LogP contribution >= 0.6 is 0 Å². The van der Waals surface area contributed by atoms with Crippen LogP contribution in [-0.4, -0.2) is 41.5 Å². The Hall–Kier alpha value is -3.25. The smallest absolute Gasteiger partial charge is 0.108 e. The predicted octanol–water partition coefficient (Wildman–Crippen LogP) is 5.41. The molecule has 3 N–H and O–H groups in total. The highest BCUT2D eigenvalue weighted by atomic mass is 15.0. The minimum Gasteiger partial charge on any atom is -0.378 e. The summed E-state index contributed by atoms with van der Waals surface area (Å²) in [6.07, 6.45) is 16.9. The first-order chi connectivity index (χ1) is 17.2. The fourth-order valence-corrected chi connectivity index (χ4v) is 5.02. The average Bonchev–Trinajstić information content (AvgIpc) is 3.54. The Morgan fingerprint density at radius 1 is 1.14 bits per heavy atom. The van der Waals surface area contributed by atoms with E-state index in [1.165, 1.54) is 22.4 Å². The van der Waals surface area contributed by atoms with Crippen molar-refractivity contribution in [2.24, 2.45) is 9.98 Å². The van der Waals surface area contributed by atoms with Gasteiger partial charge in [0.15, 0.2) is 0 Å². The van der Waals surface area contributed by atoms with E-state index in [2.05, 4.69) is 64.5 Å². The molecular weight excluding hydrogens is 432 g/mol. The maximum Gasteiger partial charge on any atom is 0.108 e. The normalized spacial score (nSPS) is 17.1. The molecule has 35 heavy (non-hydrogen) atoms. The zero-order valence-electron chi connectivity index (χ0n) is 20.8. The van der Waals surface area contributed by atoms with Gasteiger partial charge in [-0.2, -0.15) is 0 Å². The van der Waals surface area contributed by atoms with Crippen molar-refractivity contribution in [3.63, 3.8) is 0 Å². The minimum atomic E-state index is 0.725. The van der Waals surface area contributed by atoms with E-state index in [9.17, 15) is 0 Å². The number of aryl methyl sites for hydroxylation is 1. The van der Waals surface area contributed by atoms with Crippen LogP contribution in [0.1, 0.15) is 62.4 Å². The lowest BCUT2D eigenvalue weighted by Gasteiger charge is -2.16. The Kier molecular flexibility index (Phi) is 7.38. The van der Waals surface area contributed by atoms with Gasteiger partial charge in [-0.05, 0) is 55.7 Å². The molecule has 0 fully saturated rings. The molecule has 3 heterocycles. The molecule has 1 aromatic carbocycles. The molecule has 5 rings (SSSR count). The number of hydrogen-bond donors (Lipinski definition) is 3. The fourth-order valence-electron chi connectivity index (χ4n) is 5.02. The van der Waals surface area contributed by atoms with E-state index in [1.54, 1.807) is 0 Å². The standard InChI is InChI=1S/C29H36N6/c1-3-21-8-6-16-31-27(21)19-32-20(2)25-13-11-23(33-25)14-17-30-18-15-28-34-26-12-10-22-7-4-5-9-24(22)29(26)35-28/h5,9-10,12-13,16,30,32H,2-4,6-8,11,14-15,17-19H2,1H3,(H,34,35). The number of rotatable bonds is 11.